The van der Waals surface area contributed by atoms with Crippen LogP contribution >= 0.6 is 0 Å². The van der Waals surface area contributed by atoms with Gasteiger partial charge in [0.2, 0.25) is 9.84 Å². The van der Waals surface area contributed by atoms with Crippen molar-refractivity contribution in [1.29, 1.82) is 5.26 Å². The van der Waals surface area contributed by atoms with E-state index in [-0.39, 0.29) is 9.79 Å². The van der Waals surface area contributed by atoms with Gasteiger partial charge in [-0.15, -0.1) is 0 Å². The maximum absolute atomic E-state index is 12.7. The Bertz CT molecular complexity index is 1240. The van der Waals surface area contributed by atoms with E-state index in [0.717, 1.165) is 16.5 Å². The summed E-state index contributed by atoms with van der Waals surface area (Å²) in [7, 11) is -3.54. The first-order valence-corrected chi connectivity index (χ1v) is 9.36. The Morgan fingerprint density at radius 3 is 2.31 bits per heavy atom. The van der Waals surface area contributed by atoms with Crippen molar-refractivity contribution in [3.63, 3.8) is 0 Å². The molecule has 6 heteroatoms. The van der Waals surface area contributed by atoms with Crippen molar-refractivity contribution in [3.8, 4) is 17.2 Å². The Balaban J connectivity index is 1.74. The molecule has 0 aliphatic heterocycles. The van der Waals surface area contributed by atoms with Gasteiger partial charge < -0.3 is 4.98 Å². The zero-order chi connectivity index (χ0) is 18.1. The SMILES string of the molecule is N#Cc1c[nH]c2ncc(-c3ccc(S(=O)(=O)c4ccccc4)cc3)cc12. The molecule has 0 saturated carbocycles. The quantitative estimate of drug-likeness (QED) is 0.600. The molecule has 0 unspecified atom stereocenters. The second-order valence-corrected chi connectivity index (χ2v) is 7.72. The number of H-pyrrole nitrogens is 1. The Kier molecular flexibility index (Phi) is 3.79. The van der Waals surface area contributed by atoms with Crippen molar-refractivity contribution < 1.29 is 8.42 Å². The molecule has 1 N–H and O–H groups in total. The smallest absolute Gasteiger partial charge is 0.206 e. The molecule has 4 aromatic rings. The molecule has 0 saturated heterocycles. The third kappa shape index (κ3) is 2.65. The monoisotopic (exact) mass is 359 g/mol. The summed E-state index contributed by atoms with van der Waals surface area (Å²) in [6, 6.07) is 19.0. The highest BCUT2D eigenvalue weighted by molar-refractivity contribution is 7.91. The van der Waals surface area contributed by atoms with Gasteiger partial charge in [0.1, 0.15) is 11.7 Å². The van der Waals surface area contributed by atoms with Gasteiger partial charge in [-0.3, -0.25) is 0 Å². The second-order valence-electron chi connectivity index (χ2n) is 5.78. The van der Waals surface area contributed by atoms with Crippen molar-refractivity contribution in [2.75, 3.05) is 0 Å². The summed E-state index contributed by atoms with van der Waals surface area (Å²) in [5, 5.41) is 9.90. The van der Waals surface area contributed by atoms with Gasteiger partial charge in [0.05, 0.1) is 15.4 Å². The molecule has 2 aromatic carbocycles. The normalized spacial score (nSPS) is 11.3. The van der Waals surface area contributed by atoms with E-state index in [0.29, 0.717) is 11.2 Å². The van der Waals surface area contributed by atoms with Crippen LogP contribution in [0.1, 0.15) is 5.56 Å². The van der Waals surface area contributed by atoms with Crippen molar-refractivity contribution in [2.45, 2.75) is 9.79 Å². The van der Waals surface area contributed by atoms with Crippen molar-refractivity contribution in [2.24, 2.45) is 0 Å². The van der Waals surface area contributed by atoms with E-state index in [9.17, 15) is 8.42 Å². The van der Waals surface area contributed by atoms with Crippen LogP contribution in [0.25, 0.3) is 22.2 Å². The van der Waals surface area contributed by atoms with Gasteiger partial charge in [0.15, 0.2) is 0 Å². The molecule has 0 fully saturated rings. The molecule has 0 aliphatic carbocycles. The summed E-state index contributed by atoms with van der Waals surface area (Å²) in [4.78, 5) is 7.77. The number of benzene rings is 2. The number of nitrogens with zero attached hydrogens (tertiary/aromatic N) is 2. The first-order chi connectivity index (χ1) is 12.6. The van der Waals surface area contributed by atoms with Crippen LogP contribution in [0.15, 0.2) is 82.8 Å². The third-order valence-electron chi connectivity index (χ3n) is 4.20. The summed E-state index contributed by atoms with van der Waals surface area (Å²) in [5.74, 6) is 0. The molecule has 26 heavy (non-hydrogen) atoms. The van der Waals surface area contributed by atoms with E-state index in [1.807, 2.05) is 6.07 Å². The number of hydrogen-bond acceptors (Lipinski definition) is 4. The van der Waals surface area contributed by atoms with E-state index < -0.39 is 9.84 Å². The fraction of sp³-hybridized carbons (Fsp3) is 0. The lowest BCUT2D eigenvalue weighted by Crippen LogP contribution is -2.01. The number of rotatable bonds is 3. The predicted octanol–water partition coefficient (Wildman–Crippen LogP) is 3.93. The zero-order valence-electron chi connectivity index (χ0n) is 13.5. The Morgan fingerprint density at radius 2 is 1.62 bits per heavy atom. The summed E-state index contributed by atoms with van der Waals surface area (Å²) < 4.78 is 25.3. The van der Waals surface area contributed by atoms with Crippen LogP contribution in [0, 0.1) is 11.3 Å². The van der Waals surface area contributed by atoms with Crippen LogP contribution in [0.4, 0.5) is 0 Å². The molecule has 126 valence electrons. The number of nitrogens with one attached hydrogen (secondary N) is 1. The molecule has 0 amide bonds. The molecule has 0 radical (unpaired) electrons. The van der Waals surface area contributed by atoms with Gasteiger partial charge in [-0.2, -0.15) is 5.26 Å². The van der Waals surface area contributed by atoms with Crippen molar-refractivity contribution in [1.82, 2.24) is 9.97 Å². The van der Waals surface area contributed by atoms with Gasteiger partial charge in [0.25, 0.3) is 0 Å². The van der Waals surface area contributed by atoms with E-state index in [4.69, 9.17) is 5.26 Å². The molecular weight excluding hydrogens is 346 g/mol. The lowest BCUT2D eigenvalue weighted by atomic mass is 10.1. The number of pyridine rings is 1. The number of fused-ring (bicyclic) bond motifs is 1. The number of nitriles is 1. The highest BCUT2D eigenvalue weighted by Gasteiger charge is 2.17. The van der Waals surface area contributed by atoms with Crippen LogP contribution in [0.3, 0.4) is 0 Å². The fourth-order valence-corrected chi connectivity index (χ4v) is 4.10. The summed E-state index contributed by atoms with van der Waals surface area (Å²) >= 11 is 0. The van der Waals surface area contributed by atoms with E-state index in [1.165, 1.54) is 0 Å². The minimum atomic E-state index is -3.54. The van der Waals surface area contributed by atoms with Gasteiger partial charge >= 0.3 is 0 Å². The number of sulfone groups is 1. The maximum Gasteiger partial charge on any atom is 0.206 e. The Labute approximate surface area is 150 Å². The topological polar surface area (TPSA) is 86.6 Å². The second kappa shape index (κ2) is 6.14. The molecular formula is C20H13N3O2S. The largest absolute Gasteiger partial charge is 0.345 e. The molecule has 0 atom stereocenters. The van der Waals surface area contributed by atoms with Gasteiger partial charge in [0, 0.05) is 23.3 Å². The summed E-state index contributed by atoms with van der Waals surface area (Å²) in [6.45, 7) is 0. The molecule has 5 nitrogen and oxygen atoms in total. The lowest BCUT2D eigenvalue weighted by Gasteiger charge is -2.06. The van der Waals surface area contributed by atoms with Gasteiger partial charge in [-0.1, -0.05) is 30.3 Å². The zero-order valence-corrected chi connectivity index (χ0v) is 14.4. The molecule has 2 heterocycles. The van der Waals surface area contributed by atoms with Crippen LogP contribution in [0.5, 0.6) is 0 Å². The number of aromatic nitrogens is 2. The first kappa shape index (κ1) is 16.1. The third-order valence-corrected chi connectivity index (χ3v) is 5.99. The first-order valence-electron chi connectivity index (χ1n) is 7.87. The molecule has 0 spiro atoms. The summed E-state index contributed by atoms with van der Waals surface area (Å²) in [5.41, 5.74) is 2.82. The average molecular weight is 359 g/mol. The maximum atomic E-state index is 12.7. The average Bonchev–Trinajstić information content (AvgIpc) is 3.11. The lowest BCUT2D eigenvalue weighted by molar-refractivity contribution is 0.596. The minimum Gasteiger partial charge on any atom is -0.345 e. The number of aromatic amines is 1. The van der Waals surface area contributed by atoms with Crippen LogP contribution in [0.2, 0.25) is 0 Å². The van der Waals surface area contributed by atoms with Crippen LogP contribution in [-0.2, 0) is 9.84 Å². The molecule has 0 bridgehead atoms. The molecule has 4 rings (SSSR count). The fourth-order valence-electron chi connectivity index (χ4n) is 2.82. The van der Waals surface area contributed by atoms with Gasteiger partial charge in [-0.05, 0) is 35.9 Å². The van der Waals surface area contributed by atoms with E-state index in [2.05, 4.69) is 16.0 Å². The van der Waals surface area contributed by atoms with Crippen LogP contribution < -0.4 is 0 Å². The van der Waals surface area contributed by atoms with Crippen molar-refractivity contribution in [3.05, 3.63) is 78.6 Å². The van der Waals surface area contributed by atoms with Crippen molar-refractivity contribution >= 4 is 20.9 Å². The van der Waals surface area contributed by atoms with E-state index >= 15 is 0 Å². The van der Waals surface area contributed by atoms with Crippen LogP contribution in [-0.4, -0.2) is 18.4 Å². The Morgan fingerprint density at radius 1 is 0.923 bits per heavy atom. The highest BCUT2D eigenvalue weighted by Crippen LogP contribution is 2.27. The standard InChI is InChI=1S/C20H13N3O2S/c21-11-16-13-23-20-19(16)10-15(12-22-20)14-6-8-18(9-7-14)26(24,25)17-4-2-1-3-5-17/h1-10,12-13H,(H,22,23). The minimum absolute atomic E-state index is 0.237. The molecule has 0 aliphatic rings. The summed E-state index contributed by atoms with van der Waals surface area (Å²) in [6.07, 6.45) is 3.32. The van der Waals surface area contributed by atoms with E-state index in [1.54, 1.807) is 67.0 Å². The Hall–Kier alpha value is -3.43. The van der Waals surface area contributed by atoms with Gasteiger partial charge in [-0.25, -0.2) is 13.4 Å². The number of hydrogen-bond donors (Lipinski definition) is 1. The molecule has 2 aromatic heterocycles. The predicted molar refractivity (Wildman–Crippen MR) is 98.1 cm³/mol. The highest BCUT2D eigenvalue weighted by atomic mass is 32.2.